The maximum Gasteiger partial charge on any atom is 0.354 e. The predicted molar refractivity (Wildman–Crippen MR) is 199 cm³/mol. The number of hydrogen-bond acceptors (Lipinski definition) is 5. The van der Waals surface area contributed by atoms with Crippen LogP contribution in [0.1, 0.15) is 96.5 Å². The van der Waals surface area contributed by atoms with Gasteiger partial charge in [0.1, 0.15) is 11.5 Å². The molecule has 8 N–H and O–H groups in total. The van der Waals surface area contributed by atoms with Crippen LogP contribution in [-0.4, -0.2) is 39.6 Å². The second-order valence-corrected chi connectivity index (χ2v) is 14.8. The zero-order chi connectivity index (χ0) is 35.6. The lowest BCUT2D eigenvalue weighted by molar-refractivity contribution is 0.520. The molecule has 4 aromatic rings. The van der Waals surface area contributed by atoms with E-state index in [1.807, 2.05) is 57.3 Å². The number of aromatic amines is 1. The largest absolute Gasteiger partial charge is 0.370 e. The molecule has 0 aliphatic heterocycles. The molecular weight excluding hydrogens is 627 g/mol. The molecular formula is C37H54ClFN8O. The minimum absolute atomic E-state index is 0.0352. The van der Waals surface area contributed by atoms with Crippen LogP contribution < -0.4 is 28.2 Å². The van der Waals surface area contributed by atoms with Crippen molar-refractivity contribution in [2.45, 2.75) is 104 Å². The molecule has 0 saturated heterocycles. The van der Waals surface area contributed by atoms with Gasteiger partial charge in [-0.1, -0.05) is 78.3 Å². The SMILES string of the molecule is CC(C)(C)c1cc2cn(-c3ccc(CNCCCN=C(N)N)cc3)c(=O)nc2[nH]1.CC[C@H](N)CCCc1cc(Cl)c(F)c(C(C)(C)C)c1. The third-order valence-electron chi connectivity index (χ3n) is 8.13. The number of guanidine groups is 1. The van der Waals surface area contributed by atoms with Crippen LogP contribution in [0.4, 0.5) is 4.39 Å². The average molecular weight is 681 g/mol. The van der Waals surface area contributed by atoms with E-state index in [1.54, 1.807) is 10.6 Å². The molecule has 0 saturated carbocycles. The van der Waals surface area contributed by atoms with Crippen molar-refractivity contribution in [3.8, 4) is 5.69 Å². The lowest BCUT2D eigenvalue weighted by atomic mass is 9.85. The smallest absolute Gasteiger partial charge is 0.354 e. The van der Waals surface area contributed by atoms with Crippen molar-refractivity contribution in [1.82, 2.24) is 19.9 Å². The third kappa shape index (κ3) is 11.5. The number of nitrogens with one attached hydrogen (secondary N) is 2. The Bertz CT molecular complexity index is 1710. The summed E-state index contributed by atoms with van der Waals surface area (Å²) in [5.41, 5.74) is 21.3. The second-order valence-electron chi connectivity index (χ2n) is 14.4. The van der Waals surface area contributed by atoms with Crippen molar-refractivity contribution in [2.24, 2.45) is 22.2 Å². The van der Waals surface area contributed by atoms with E-state index < -0.39 is 0 Å². The highest BCUT2D eigenvalue weighted by atomic mass is 35.5. The van der Waals surface area contributed by atoms with Crippen LogP contribution in [0.2, 0.25) is 5.02 Å². The van der Waals surface area contributed by atoms with Crippen LogP contribution in [0.15, 0.2) is 58.4 Å². The van der Waals surface area contributed by atoms with Gasteiger partial charge < -0.3 is 27.5 Å². The topological polar surface area (TPSA) is 153 Å². The predicted octanol–water partition coefficient (Wildman–Crippen LogP) is 6.60. The molecule has 0 radical (unpaired) electrons. The van der Waals surface area contributed by atoms with Crippen molar-refractivity contribution in [3.05, 3.63) is 92.4 Å². The summed E-state index contributed by atoms with van der Waals surface area (Å²) in [6, 6.07) is 13.9. The molecule has 0 bridgehead atoms. The fourth-order valence-corrected chi connectivity index (χ4v) is 5.35. The van der Waals surface area contributed by atoms with Crippen molar-refractivity contribution in [1.29, 1.82) is 0 Å². The summed E-state index contributed by atoms with van der Waals surface area (Å²) in [6.07, 6.45) is 6.61. The summed E-state index contributed by atoms with van der Waals surface area (Å²) in [6.45, 7) is 16.6. The van der Waals surface area contributed by atoms with Crippen LogP contribution in [-0.2, 0) is 23.8 Å². The van der Waals surface area contributed by atoms with Crippen molar-refractivity contribution in [2.75, 3.05) is 13.1 Å². The molecule has 2 aromatic carbocycles. The van der Waals surface area contributed by atoms with Gasteiger partial charge in [0.2, 0.25) is 0 Å². The van der Waals surface area contributed by atoms with E-state index in [0.29, 0.717) is 17.8 Å². The highest BCUT2D eigenvalue weighted by Crippen LogP contribution is 2.31. The minimum Gasteiger partial charge on any atom is -0.370 e. The lowest BCUT2D eigenvalue weighted by Crippen LogP contribution is -2.23. The standard InChI is InChI=1S/C21H29N7O.C16H25ClFN/c1-21(2,3)17-11-15-13-28(20(29)27-18(15)26-17)16-7-5-14(6-8-16)12-24-9-4-10-25-19(22)23;1-5-12(19)8-6-7-11-9-13(16(2,3)4)15(18)14(17)10-11/h5-8,11,13,24H,4,9-10,12H2,1-3H3,(H4,22,23,25)(H,26,27,29);9-10,12H,5-8,19H2,1-4H3/t;12-/m.0/s1. The monoisotopic (exact) mass is 680 g/mol. The van der Waals surface area contributed by atoms with Gasteiger partial charge in [0.15, 0.2) is 5.96 Å². The van der Waals surface area contributed by atoms with Crippen molar-refractivity contribution < 1.29 is 4.39 Å². The first-order valence-electron chi connectivity index (χ1n) is 16.7. The lowest BCUT2D eigenvalue weighted by Gasteiger charge is -2.21. The molecule has 0 fully saturated rings. The quantitative estimate of drug-likeness (QED) is 0.0646. The highest BCUT2D eigenvalue weighted by Gasteiger charge is 2.21. The summed E-state index contributed by atoms with van der Waals surface area (Å²) in [5, 5.41) is 4.49. The Balaban J connectivity index is 0.000000286. The number of fused-ring (bicyclic) bond motifs is 1. The number of nitrogens with two attached hydrogens (primary N) is 3. The Labute approximate surface area is 289 Å². The van der Waals surface area contributed by atoms with E-state index in [2.05, 4.69) is 54.0 Å². The molecule has 4 rings (SSSR count). The van der Waals surface area contributed by atoms with Crippen LogP contribution in [0.5, 0.6) is 0 Å². The summed E-state index contributed by atoms with van der Waals surface area (Å²) in [5.74, 6) is -0.166. The fraction of sp³-hybridized carbons (Fsp3) is 0.486. The first-order valence-corrected chi connectivity index (χ1v) is 17.1. The molecule has 1 atom stereocenters. The van der Waals surface area contributed by atoms with E-state index in [9.17, 15) is 9.18 Å². The van der Waals surface area contributed by atoms with Crippen molar-refractivity contribution >= 4 is 28.6 Å². The van der Waals surface area contributed by atoms with Crippen molar-refractivity contribution in [3.63, 3.8) is 0 Å². The summed E-state index contributed by atoms with van der Waals surface area (Å²) in [7, 11) is 0. The number of aryl methyl sites for hydroxylation is 1. The van der Waals surface area contributed by atoms with E-state index in [1.165, 1.54) is 0 Å². The van der Waals surface area contributed by atoms with Crippen LogP contribution in [0, 0.1) is 5.82 Å². The Kier molecular flexibility index (Phi) is 13.8. The van der Waals surface area contributed by atoms with Gasteiger partial charge in [-0.05, 0) is 85.0 Å². The molecule has 0 unspecified atom stereocenters. The normalized spacial score (nSPS) is 12.5. The fourth-order valence-electron chi connectivity index (χ4n) is 5.11. The molecule has 262 valence electrons. The van der Waals surface area contributed by atoms with Crippen LogP contribution >= 0.6 is 11.6 Å². The number of nitrogens with zero attached hydrogens (tertiary/aromatic N) is 3. The van der Waals surface area contributed by atoms with Gasteiger partial charge in [0.05, 0.1) is 10.7 Å². The number of halogens is 2. The molecule has 9 nitrogen and oxygen atoms in total. The van der Waals surface area contributed by atoms with E-state index in [-0.39, 0.29) is 39.4 Å². The van der Waals surface area contributed by atoms with Gasteiger partial charge in [0.25, 0.3) is 0 Å². The summed E-state index contributed by atoms with van der Waals surface area (Å²) in [4.78, 5) is 23.9. The minimum atomic E-state index is -0.301. The van der Waals surface area contributed by atoms with Gasteiger partial charge in [-0.3, -0.25) is 9.56 Å². The molecule has 0 aliphatic carbocycles. The Hall–Kier alpha value is -3.73. The zero-order valence-corrected chi connectivity index (χ0v) is 30.3. The number of aliphatic imine (C=N–C) groups is 1. The summed E-state index contributed by atoms with van der Waals surface area (Å²) < 4.78 is 15.6. The van der Waals surface area contributed by atoms with E-state index in [4.69, 9.17) is 28.8 Å². The van der Waals surface area contributed by atoms with E-state index >= 15 is 0 Å². The summed E-state index contributed by atoms with van der Waals surface area (Å²) >= 11 is 5.99. The number of hydrogen-bond donors (Lipinski definition) is 5. The van der Waals surface area contributed by atoms with Gasteiger partial charge >= 0.3 is 5.69 Å². The third-order valence-corrected chi connectivity index (χ3v) is 8.40. The highest BCUT2D eigenvalue weighted by molar-refractivity contribution is 6.30. The second kappa shape index (κ2) is 17.1. The number of rotatable bonds is 12. The van der Waals surface area contributed by atoms with E-state index in [0.717, 1.165) is 73.1 Å². The van der Waals surface area contributed by atoms with Gasteiger partial charge in [-0.2, -0.15) is 4.98 Å². The Morgan fingerprint density at radius 1 is 1.04 bits per heavy atom. The first kappa shape index (κ1) is 38.7. The maximum atomic E-state index is 14.0. The zero-order valence-electron chi connectivity index (χ0n) is 29.6. The molecule has 11 heteroatoms. The molecule has 2 aromatic heterocycles. The molecule has 48 heavy (non-hydrogen) atoms. The Morgan fingerprint density at radius 3 is 2.33 bits per heavy atom. The average Bonchev–Trinajstić information content (AvgIpc) is 3.43. The number of benzene rings is 2. The molecule has 2 heterocycles. The number of H-pyrrole nitrogens is 1. The van der Waals surface area contributed by atoms with Gasteiger partial charge in [0, 0.05) is 41.8 Å². The van der Waals surface area contributed by atoms with Crippen LogP contribution in [0.3, 0.4) is 0 Å². The first-order chi connectivity index (χ1) is 22.5. The van der Waals surface area contributed by atoms with Gasteiger partial charge in [-0.25, -0.2) is 9.18 Å². The Morgan fingerprint density at radius 2 is 1.73 bits per heavy atom. The molecule has 0 spiro atoms. The molecule has 0 aliphatic rings. The number of aromatic nitrogens is 3. The molecule has 0 amide bonds. The maximum absolute atomic E-state index is 14.0. The van der Waals surface area contributed by atoms with Crippen LogP contribution in [0.25, 0.3) is 16.7 Å². The van der Waals surface area contributed by atoms with Gasteiger partial charge in [-0.15, -0.1) is 0 Å².